The first kappa shape index (κ1) is 15.4. The van der Waals surface area contributed by atoms with Crippen LogP contribution in [0.3, 0.4) is 0 Å². The number of nitrogens with zero attached hydrogens (tertiary/aromatic N) is 1. The fourth-order valence-electron chi connectivity index (χ4n) is 3.20. The Bertz CT molecular complexity index is 729. The van der Waals surface area contributed by atoms with E-state index < -0.39 is 0 Å². The lowest BCUT2D eigenvalue weighted by atomic mass is 9.85. The molecule has 0 radical (unpaired) electrons. The van der Waals surface area contributed by atoms with Crippen LogP contribution in [0.2, 0.25) is 0 Å². The van der Waals surface area contributed by atoms with Gasteiger partial charge in [-0.3, -0.25) is 9.69 Å². The molecule has 0 amide bonds. The summed E-state index contributed by atoms with van der Waals surface area (Å²) in [6, 6.07) is 20.0. The normalized spacial score (nSPS) is 18.0. The Morgan fingerprint density at radius 1 is 0.957 bits per heavy atom. The average molecular weight is 303 g/mol. The third-order valence-corrected chi connectivity index (χ3v) is 4.24. The first-order chi connectivity index (χ1) is 11.2. The molecule has 1 aliphatic rings. The Hall–Kier alpha value is -2.45. The molecule has 2 aromatic rings. The molecule has 0 saturated carbocycles. The molecule has 1 aliphatic carbocycles. The highest BCUT2D eigenvalue weighted by Crippen LogP contribution is 2.36. The quantitative estimate of drug-likeness (QED) is 0.768. The third kappa shape index (κ3) is 3.17. The molecule has 1 unspecified atom stereocenters. The number of carbonyl (C=O) groups is 1. The van der Waals surface area contributed by atoms with Gasteiger partial charge in [0.1, 0.15) is 0 Å². The van der Waals surface area contributed by atoms with Gasteiger partial charge in [0.15, 0.2) is 5.78 Å². The number of allylic oxidation sites excluding steroid dienone is 3. The molecule has 0 N–H and O–H groups in total. The van der Waals surface area contributed by atoms with Gasteiger partial charge in [0.05, 0.1) is 12.0 Å². The molecular formula is C21H21NO. The van der Waals surface area contributed by atoms with Crippen LogP contribution in [0.1, 0.15) is 22.0 Å². The highest BCUT2D eigenvalue weighted by molar-refractivity contribution is 6.01. The molecular weight excluding hydrogens is 282 g/mol. The molecule has 0 heterocycles. The van der Waals surface area contributed by atoms with Crippen LogP contribution in [0.4, 0.5) is 0 Å². The number of ketones is 1. The van der Waals surface area contributed by atoms with E-state index in [1.54, 1.807) is 0 Å². The number of Topliss-reactive ketones (excluding diaryl/α,β-unsaturated/α-hetero) is 1. The van der Waals surface area contributed by atoms with Gasteiger partial charge in [-0.25, -0.2) is 0 Å². The van der Waals surface area contributed by atoms with Crippen LogP contribution in [0.25, 0.3) is 0 Å². The molecule has 2 aromatic carbocycles. The van der Waals surface area contributed by atoms with E-state index in [-0.39, 0.29) is 17.7 Å². The molecule has 2 heteroatoms. The Labute approximate surface area is 137 Å². The van der Waals surface area contributed by atoms with Gasteiger partial charge >= 0.3 is 0 Å². The SMILES string of the molecule is CN(C)[C@@H](C1=CC=CC1C(=O)c1ccccc1)c1ccccc1. The van der Waals surface area contributed by atoms with Gasteiger partial charge in [-0.2, -0.15) is 0 Å². The van der Waals surface area contributed by atoms with E-state index in [0.29, 0.717) is 0 Å². The van der Waals surface area contributed by atoms with Gasteiger partial charge < -0.3 is 0 Å². The van der Waals surface area contributed by atoms with E-state index in [2.05, 4.69) is 37.2 Å². The number of benzene rings is 2. The molecule has 0 saturated heterocycles. The summed E-state index contributed by atoms with van der Waals surface area (Å²) in [7, 11) is 4.11. The van der Waals surface area contributed by atoms with Crippen molar-refractivity contribution < 1.29 is 4.79 Å². The summed E-state index contributed by atoms with van der Waals surface area (Å²) in [5.74, 6) is -0.0293. The Kier molecular flexibility index (Phi) is 4.54. The van der Waals surface area contributed by atoms with Crippen LogP contribution >= 0.6 is 0 Å². The zero-order chi connectivity index (χ0) is 16.2. The minimum Gasteiger partial charge on any atom is -0.299 e. The lowest BCUT2D eigenvalue weighted by Crippen LogP contribution is -2.27. The van der Waals surface area contributed by atoms with E-state index in [9.17, 15) is 4.79 Å². The summed E-state index contributed by atoms with van der Waals surface area (Å²) >= 11 is 0. The summed E-state index contributed by atoms with van der Waals surface area (Å²) in [6.45, 7) is 0. The smallest absolute Gasteiger partial charge is 0.173 e. The third-order valence-electron chi connectivity index (χ3n) is 4.24. The van der Waals surface area contributed by atoms with Crippen LogP contribution in [0.15, 0.2) is 84.5 Å². The number of carbonyl (C=O) groups excluding carboxylic acids is 1. The fraction of sp³-hybridized carbons (Fsp3) is 0.190. The van der Waals surface area contributed by atoms with E-state index in [4.69, 9.17) is 0 Å². The minimum atomic E-state index is -0.190. The topological polar surface area (TPSA) is 20.3 Å². The molecule has 0 aliphatic heterocycles. The van der Waals surface area contributed by atoms with Crippen molar-refractivity contribution in [2.45, 2.75) is 6.04 Å². The molecule has 3 rings (SSSR count). The van der Waals surface area contributed by atoms with Crippen molar-refractivity contribution in [2.24, 2.45) is 5.92 Å². The number of hydrogen-bond acceptors (Lipinski definition) is 2. The van der Waals surface area contributed by atoms with Gasteiger partial charge in [-0.05, 0) is 25.2 Å². The Morgan fingerprint density at radius 2 is 1.57 bits per heavy atom. The van der Waals surface area contributed by atoms with Gasteiger partial charge in [0.2, 0.25) is 0 Å². The number of rotatable bonds is 5. The Balaban J connectivity index is 1.93. The first-order valence-corrected chi connectivity index (χ1v) is 7.87. The maximum atomic E-state index is 12.9. The van der Waals surface area contributed by atoms with Gasteiger partial charge in [-0.1, -0.05) is 78.9 Å². The summed E-state index contributed by atoms with van der Waals surface area (Å²) in [5.41, 5.74) is 3.11. The second-order valence-electron chi connectivity index (χ2n) is 6.04. The first-order valence-electron chi connectivity index (χ1n) is 7.87. The number of likely N-dealkylation sites (N-methyl/N-ethyl adjacent to an activating group) is 1. The maximum Gasteiger partial charge on any atom is 0.173 e. The average Bonchev–Trinajstić information content (AvgIpc) is 3.05. The van der Waals surface area contributed by atoms with Crippen LogP contribution in [-0.2, 0) is 0 Å². The highest BCUT2D eigenvalue weighted by Gasteiger charge is 2.31. The standard InChI is InChI=1S/C21H21NO/c1-22(2)20(16-10-5-3-6-11-16)18-14-9-15-19(18)21(23)17-12-7-4-8-13-17/h3-15,19-20H,1-2H3/t19?,20-/m1/s1. The number of hydrogen-bond donors (Lipinski definition) is 0. The van der Waals surface area contributed by atoms with Crippen LogP contribution < -0.4 is 0 Å². The van der Waals surface area contributed by atoms with Crippen molar-refractivity contribution in [3.63, 3.8) is 0 Å². The summed E-state index contributed by atoms with van der Waals surface area (Å²) < 4.78 is 0. The van der Waals surface area contributed by atoms with Crippen LogP contribution in [0, 0.1) is 5.92 Å². The Morgan fingerprint density at radius 3 is 2.17 bits per heavy atom. The second kappa shape index (κ2) is 6.76. The van der Waals surface area contributed by atoms with E-state index in [1.807, 2.05) is 60.7 Å². The summed E-state index contributed by atoms with van der Waals surface area (Å²) in [5, 5.41) is 0. The molecule has 116 valence electrons. The molecule has 0 aromatic heterocycles. The maximum absolute atomic E-state index is 12.9. The highest BCUT2D eigenvalue weighted by atomic mass is 16.1. The monoisotopic (exact) mass is 303 g/mol. The predicted molar refractivity (Wildman–Crippen MR) is 94.4 cm³/mol. The zero-order valence-electron chi connectivity index (χ0n) is 13.5. The van der Waals surface area contributed by atoms with Crippen molar-refractivity contribution in [2.75, 3.05) is 14.1 Å². The van der Waals surface area contributed by atoms with Crippen LogP contribution in [0.5, 0.6) is 0 Å². The van der Waals surface area contributed by atoms with Crippen molar-refractivity contribution in [1.29, 1.82) is 0 Å². The van der Waals surface area contributed by atoms with Crippen molar-refractivity contribution in [1.82, 2.24) is 4.90 Å². The fourth-order valence-corrected chi connectivity index (χ4v) is 3.20. The predicted octanol–water partition coefficient (Wildman–Crippen LogP) is 4.28. The van der Waals surface area contributed by atoms with Gasteiger partial charge in [0.25, 0.3) is 0 Å². The molecule has 0 spiro atoms. The van der Waals surface area contributed by atoms with Crippen molar-refractivity contribution in [3.8, 4) is 0 Å². The molecule has 0 bridgehead atoms. The summed E-state index contributed by atoms with van der Waals surface area (Å²) in [4.78, 5) is 15.1. The van der Waals surface area contributed by atoms with Crippen molar-refractivity contribution in [3.05, 3.63) is 95.6 Å². The largest absolute Gasteiger partial charge is 0.299 e. The molecule has 0 fully saturated rings. The van der Waals surface area contributed by atoms with Crippen molar-refractivity contribution >= 4 is 5.78 Å². The second-order valence-corrected chi connectivity index (χ2v) is 6.04. The lowest BCUT2D eigenvalue weighted by Gasteiger charge is -2.29. The van der Waals surface area contributed by atoms with Gasteiger partial charge in [0, 0.05) is 5.56 Å². The summed E-state index contributed by atoms with van der Waals surface area (Å²) in [6.07, 6.45) is 6.09. The van der Waals surface area contributed by atoms with E-state index in [1.165, 1.54) is 5.56 Å². The van der Waals surface area contributed by atoms with E-state index in [0.717, 1.165) is 11.1 Å². The van der Waals surface area contributed by atoms with Crippen LogP contribution in [-0.4, -0.2) is 24.8 Å². The zero-order valence-corrected chi connectivity index (χ0v) is 13.5. The molecule has 2 atom stereocenters. The minimum absolute atomic E-state index is 0.101. The van der Waals surface area contributed by atoms with E-state index >= 15 is 0 Å². The lowest BCUT2D eigenvalue weighted by molar-refractivity contribution is 0.0954. The molecule has 2 nitrogen and oxygen atoms in total. The van der Waals surface area contributed by atoms with Gasteiger partial charge in [-0.15, -0.1) is 0 Å². The molecule has 23 heavy (non-hydrogen) atoms.